The highest BCUT2D eigenvalue weighted by Crippen LogP contribution is 2.49. The molecule has 1 heterocycles. The van der Waals surface area contributed by atoms with Crippen molar-refractivity contribution >= 4 is 11.9 Å². The zero-order chi connectivity index (χ0) is 14.4. The normalized spacial score (nSPS) is 28.3. The molecule has 0 amide bonds. The summed E-state index contributed by atoms with van der Waals surface area (Å²) < 4.78 is 4.95. The summed E-state index contributed by atoms with van der Waals surface area (Å²) in [6.07, 6.45) is 1.05. The van der Waals surface area contributed by atoms with Crippen LogP contribution < -0.4 is 0 Å². The number of rotatable bonds is 0. The molecular formula is C15H26O3. The summed E-state index contributed by atoms with van der Waals surface area (Å²) in [5.41, 5.74) is -0.668. The van der Waals surface area contributed by atoms with Crippen LogP contribution in [0.5, 0.6) is 0 Å². The monoisotopic (exact) mass is 254 g/mol. The first-order valence-corrected chi connectivity index (χ1v) is 6.61. The van der Waals surface area contributed by atoms with Crippen LogP contribution in [0.25, 0.3) is 0 Å². The molecule has 1 saturated heterocycles. The molecule has 0 radical (unpaired) electrons. The Hall–Kier alpha value is -0.860. The molecule has 104 valence electrons. The quantitative estimate of drug-likeness (QED) is 0.490. The molecule has 18 heavy (non-hydrogen) atoms. The maximum atomic E-state index is 11.9. The van der Waals surface area contributed by atoms with Gasteiger partial charge in [-0.15, -0.1) is 0 Å². The maximum absolute atomic E-state index is 11.9. The molecule has 1 fully saturated rings. The SMILES string of the molecule is CC1(C)CC(C)(C)C(C(C)(C)C)CC(=O)OC1=O. The predicted octanol–water partition coefficient (Wildman–Crippen LogP) is 3.56. The molecule has 3 heteroatoms. The summed E-state index contributed by atoms with van der Waals surface area (Å²) in [5, 5.41) is 0. The summed E-state index contributed by atoms with van der Waals surface area (Å²) >= 11 is 0. The molecule has 0 spiro atoms. The highest BCUT2D eigenvalue weighted by molar-refractivity contribution is 5.89. The summed E-state index contributed by atoms with van der Waals surface area (Å²) in [4.78, 5) is 23.7. The molecule has 1 aliphatic heterocycles. The van der Waals surface area contributed by atoms with Crippen LogP contribution in [0.1, 0.15) is 61.3 Å². The van der Waals surface area contributed by atoms with E-state index >= 15 is 0 Å². The molecule has 1 atom stereocenters. The lowest BCUT2D eigenvalue weighted by molar-refractivity contribution is -0.174. The number of hydrogen-bond acceptors (Lipinski definition) is 3. The van der Waals surface area contributed by atoms with Gasteiger partial charge in [0.05, 0.1) is 5.41 Å². The van der Waals surface area contributed by atoms with E-state index in [1.54, 1.807) is 0 Å². The van der Waals surface area contributed by atoms with Gasteiger partial charge in [0, 0.05) is 6.42 Å². The van der Waals surface area contributed by atoms with Gasteiger partial charge in [-0.05, 0) is 37.0 Å². The molecule has 1 unspecified atom stereocenters. The predicted molar refractivity (Wildman–Crippen MR) is 70.8 cm³/mol. The van der Waals surface area contributed by atoms with Crippen LogP contribution in [0.3, 0.4) is 0 Å². The minimum Gasteiger partial charge on any atom is -0.393 e. The zero-order valence-corrected chi connectivity index (χ0v) is 12.7. The fourth-order valence-corrected chi connectivity index (χ4v) is 3.54. The van der Waals surface area contributed by atoms with Crippen LogP contribution in [-0.4, -0.2) is 11.9 Å². The van der Waals surface area contributed by atoms with Crippen molar-refractivity contribution in [3.63, 3.8) is 0 Å². The van der Waals surface area contributed by atoms with Crippen molar-refractivity contribution < 1.29 is 14.3 Å². The second kappa shape index (κ2) is 4.36. The fourth-order valence-electron chi connectivity index (χ4n) is 3.54. The number of cyclic esters (lactones) is 2. The molecule has 0 saturated carbocycles. The van der Waals surface area contributed by atoms with Crippen LogP contribution in [0.15, 0.2) is 0 Å². The number of hydrogen-bond donors (Lipinski definition) is 0. The largest absolute Gasteiger partial charge is 0.393 e. The third-order valence-electron chi connectivity index (χ3n) is 4.02. The van der Waals surface area contributed by atoms with Crippen molar-refractivity contribution in [2.24, 2.45) is 22.2 Å². The van der Waals surface area contributed by atoms with Gasteiger partial charge in [-0.2, -0.15) is 0 Å². The molecule has 0 bridgehead atoms. The minimum atomic E-state index is -0.608. The molecule has 1 aliphatic rings. The van der Waals surface area contributed by atoms with Crippen molar-refractivity contribution in [2.45, 2.75) is 61.3 Å². The number of esters is 2. The van der Waals surface area contributed by atoms with E-state index in [0.717, 1.165) is 6.42 Å². The molecule has 0 aromatic heterocycles. The average molecular weight is 254 g/mol. The highest BCUT2D eigenvalue weighted by Gasteiger charge is 2.47. The third kappa shape index (κ3) is 3.12. The first-order valence-electron chi connectivity index (χ1n) is 6.61. The van der Waals surface area contributed by atoms with E-state index in [2.05, 4.69) is 34.6 Å². The van der Waals surface area contributed by atoms with Crippen molar-refractivity contribution in [1.29, 1.82) is 0 Å². The first kappa shape index (κ1) is 15.2. The lowest BCUT2D eigenvalue weighted by Crippen LogP contribution is -2.44. The molecule has 0 N–H and O–H groups in total. The van der Waals surface area contributed by atoms with Gasteiger partial charge in [0.25, 0.3) is 0 Å². The van der Waals surface area contributed by atoms with Gasteiger partial charge in [-0.1, -0.05) is 34.6 Å². The standard InChI is InChI=1S/C15H26O3/c1-13(2,3)10-8-11(16)18-12(17)15(6,7)9-14(10,4)5/h10H,8-9H2,1-7H3. The van der Waals surface area contributed by atoms with Crippen LogP contribution in [0.2, 0.25) is 0 Å². The van der Waals surface area contributed by atoms with Gasteiger partial charge in [0.2, 0.25) is 0 Å². The van der Waals surface area contributed by atoms with E-state index in [0.29, 0.717) is 6.42 Å². The van der Waals surface area contributed by atoms with Crippen LogP contribution >= 0.6 is 0 Å². The Morgan fingerprint density at radius 3 is 2.06 bits per heavy atom. The van der Waals surface area contributed by atoms with Gasteiger partial charge in [0.15, 0.2) is 0 Å². The smallest absolute Gasteiger partial charge is 0.319 e. The fraction of sp³-hybridized carbons (Fsp3) is 0.867. The second-order valence-electron chi connectivity index (χ2n) is 7.93. The second-order valence-corrected chi connectivity index (χ2v) is 7.93. The summed E-state index contributed by atoms with van der Waals surface area (Å²) in [6.45, 7) is 14.4. The van der Waals surface area contributed by atoms with Crippen molar-refractivity contribution in [1.82, 2.24) is 0 Å². The maximum Gasteiger partial charge on any atom is 0.319 e. The molecule has 0 aromatic carbocycles. The van der Waals surface area contributed by atoms with Crippen LogP contribution in [0.4, 0.5) is 0 Å². The first-order chi connectivity index (χ1) is 7.86. The average Bonchev–Trinajstić information content (AvgIpc) is 2.08. The van der Waals surface area contributed by atoms with Crippen LogP contribution in [-0.2, 0) is 14.3 Å². The lowest BCUT2D eigenvalue weighted by atomic mass is 9.59. The van der Waals surface area contributed by atoms with Gasteiger partial charge >= 0.3 is 11.9 Å². The van der Waals surface area contributed by atoms with E-state index in [9.17, 15) is 9.59 Å². The molecule has 3 nitrogen and oxygen atoms in total. The number of ether oxygens (including phenoxy) is 1. The number of carbonyl (C=O) groups excluding carboxylic acids is 2. The Morgan fingerprint density at radius 1 is 1.11 bits per heavy atom. The Kier molecular flexibility index (Phi) is 3.68. The topological polar surface area (TPSA) is 43.4 Å². The molecule has 0 aromatic rings. The highest BCUT2D eigenvalue weighted by atomic mass is 16.6. The summed E-state index contributed by atoms with van der Waals surface area (Å²) in [5.74, 6) is -0.585. The minimum absolute atomic E-state index is 0.0129. The number of carbonyl (C=O) groups is 2. The van der Waals surface area contributed by atoms with Gasteiger partial charge in [0.1, 0.15) is 0 Å². The van der Waals surface area contributed by atoms with Gasteiger partial charge in [-0.3, -0.25) is 9.59 Å². The van der Waals surface area contributed by atoms with Crippen molar-refractivity contribution in [3.05, 3.63) is 0 Å². The summed E-state index contributed by atoms with van der Waals surface area (Å²) in [7, 11) is 0. The van der Waals surface area contributed by atoms with E-state index in [4.69, 9.17) is 4.74 Å². The van der Waals surface area contributed by atoms with E-state index in [-0.39, 0.29) is 22.7 Å². The van der Waals surface area contributed by atoms with Crippen molar-refractivity contribution in [2.75, 3.05) is 0 Å². The molecular weight excluding hydrogens is 228 g/mol. The Labute approximate surface area is 110 Å². The Morgan fingerprint density at radius 2 is 1.61 bits per heavy atom. The Bertz CT molecular complexity index is 358. The third-order valence-corrected chi connectivity index (χ3v) is 4.02. The molecule has 1 rings (SSSR count). The van der Waals surface area contributed by atoms with Gasteiger partial charge < -0.3 is 4.74 Å². The van der Waals surface area contributed by atoms with E-state index in [1.807, 2.05) is 13.8 Å². The Balaban J connectivity index is 3.17. The van der Waals surface area contributed by atoms with Crippen LogP contribution in [0, 0.1) is 22.2 Å². The van der Waals surface area contributed by atoms with E-state index < -0.39 is 11.4 Å². The van der Waals surface area contributed by atoms with E-state index in [1.165, 1.54) is 0 Å². The molecule has 0 aliphatic carbocycles. The zero-order valence-electron chi connectivity index (χ0n) is 12.7. The van der Waals surface area contributed by atoms with Crippen molar-refractivity contribution in [3.8, 4) is 0 Å². The summed E-state index contributed by atoms with van der Waals surface area (Å²) in [6, 6.07) is 0. The lowest BCUT2D eigenvalue weighted by Gasteiger charge is -2.46. The van der Waals surface area contributed by atoms with Gasteiger partial charge in [-0.25, -0.2) is 0 Å².